The van der Waals surface area contributed by atoms with Gasteiger partial charge in [0.1, 0.15) is 5.75 Å². The van der Waals surface area contributed by atoms with E-state index >= 15 is 0 Å². The van der Waals surface area contributed by atoms with Crippen molar-refractivity contribution in [3.8, 4) is 29.1 Å². The van der Waals surface area contributed by atoms with Crippen LogP contribution < -0.4 is 36.1 Å². The minimum Gasteiger partial charge on any atom is -0.495 e. The van der Waals surface area contributed by atoms with Crippen molar-refractivity contribution >= 4 is 23.2 Å². The van der Waals surface area contributed by atoms with E-state index in [-0.39, 0.29) is 0 Å². The number of nitrogens with zero attached hydrogens (tertiary/aromatic N) is 1. The summed E-state index contributed by atoms with van der Waals surface area (Å²) in [4.78, 5) is 10.6. The Morgan fingerprint density at radius 2 is 1.51 bits per heavy atom. The van der Waals surface area contributed by atoms with Crippen LogP contribution in [0.1, 0.15) is 16.7 Å². The number of methoxy groups -OCH3 is 4. The fourth-order valence-corrected chi connectivity index (χ4v) is 3.39. The van der Waals surface area contributed by atoms with E-state index in [4.69, 9.17) is 36.1 Å². The average molecular weight is 505 g/mol. The Morgan fingerprint density at radius 3 is 1.97 bits per heavy atom. The summed E-state index contributed by atoms with van der Waals surface area (Å²) in [5.74, 6) is 1.56. The zero-order chi connectivity index (χ0) is 27.4. The number of hydrogen-bond donors (Lipinski definition) is 3. The molecule has 0 unspecified atom stereocenters. The van der Waals surface area contributed by atoms with Gasteiger partial charge in [0.25, 0.3) is 0 Å². The lowest BCUT2D eigenvalue weighted by Crippen LogP contribution is -2.38. The fraction of sp³-hybridized carbons (Fsp3) is 0.214. The van der Waals surface area contributed by atoms with E-state index in [1.54, 1.807) is 37.5 Å². The number of amides is 1. The molecule has 3 aromatic carbocycles. The van der Waals surface area contributed by atoms with E-state index in [1.807, 2.05) is 36.4 Å². The third-order valence-corrected chi connectivity index (χ3v) is 5.32. The maximum atomic E-state index is 10.6. The Balaban J connectivity index is 0.000000335. The molecule has 0 heterocycles. The van der Waals surface area contributed by atoms with Gasteiger partial charge in [-0.25, -0.2) is 0 Å². The Kier molecular flexibility index (Phi) is 10.8. The second kappa shape index (κ2) is 14.0. The molecule has 0 bridgehead atoms. The lowest BCUT2D eigenvalue weighted by Gasteiger charge is -2.14. The number of nitrogens with two attached hydrogens (primary N) is 3. The first-order valence-corrected chi connectivity index (χ1v) is 11.2. The predicted molar refractivity (Wildman–Crippen MR) is 144 cm³/mol. The standard InChI is InChI=1S/C19H20N2O4.C9H12N2O/c1-22-16-6-5-12(8-15(16)21)7-14(11-20)13-9-17(23-2)19(25-4)18(10-13)24-3;10-8(9(11)12)6-7-4-2-1-3-5-7/h5-10H,21H2,1-4H3;1-5,8H,6,10H2,(H2,11,12)/t;8-/m.0/s1. The third-order valence-electron chi connectivity index (χ3n) is 5.32. The van der Waals surface area contributed by atoms with Gasteiger partial charge in [-0.15, -0.1) is 0 Å². The second-order valence-electron chi connectivity index (χ2n) is 7.78. The first kappa shape index (κ1) is 28.6. The van der Waals surface area contributed by atoms with Crippen LogP contribution in [0.25, 0.3) is 11.6 Å². The smallest absolute Gasteiger partial charge is 0.234 e. The summed E-state index contributed by atoms with van der Waals surface area (Å²) in [5, 5.41) is 9.58. The van der Waals surface area contributed by atoms with Gasteiger partial charge in [-0.3, -0.25) is 4.79 Å². The Labute approximate surface area is 217 Å². The highest BCUT2D eigenvalue weighted by Crippen LogP contribution is 2.40. The number of ether oxygens (including phenoxy) is 4. The SMILES string of the molecule is COc1ccc(C=C(C#N)c2cc(OC)c(OC)c(OC)c2)cc1N.NC(=O)[C@@H](N)Cc1ccccc1. The number of nitrogen functional groups attached to an aromatic ring is 1. The Morgan fingerprint density at radius 1 is 0.919 bits per heavy atom. The summed E-state index contributed by atoms with van der Waals surface area (Å²) in [7, 11) is 6.14. The molecule has 9 heteroatoms. The maximum absolute atomic E-state index is 10.6. The van der Waals surface area contributed by atoms with Gasteiger partial charge in [0.2, 0.25) is 11.7 Å². The summed E-state index contributed by atoms with van der Waals surface area (Å²) in [6.07, 6.45) is 2.24. The number of nitriles is 1. The van der Waals surface area contributed by atoms with Crippen LogP contribution in [0, 0.1) is 11.3 Å². The van der Waals surface area contributed by atoms with Crippen LogP contribution in [0.15, 0.2) is 60.7 Å². The van der Waals surface area contributed by atoms with Crippen molar-refractivity contribution in [1.82, 2.24) is 0 Å². The molecule has 0 spiro atoms. The number of carbonyl (C=O) groups is 1. The van der Waals surface area contributed by atoms with Crippen LogP contribution in [0.3, 0.4) is 0 Å². The zero-order valence-corrected chi connectivity index (χ0v) is 21.4. The molecule has 6 N–H and O–H groups in total. The topological polar surface area (TPSA) is 156 Å². The molecule has 0 saturated carbocycles. The van der Waals surface area contributed by atoms with Crippen LogP contribution in [-0.4, -0.2) is 40.4 Å². The molecule has 3 aromatic rings. The van der Waals surface area contributed by atoms with Crippen LogP contribution >= 0.6 is 0 Å². The number of anilines is 1. The molecule has 194 valence electrons. The van der Waals surface area contributed by atoms with E-state index in [0.29, 0.717) is 46.2 Å². The van der Waals surface area contributed by atoms with Gasteiger partial charge in [0.15, 0.2) is 11.5 Å². The van der Waals surface area contributed by atoms with Crippen LogP contribution in [0.5, 0.6) is 23.0 Å². The van der Waals surface area contributed by atoms with Gasteiger partial charge in [-0.2, -0.15) is 5.26 Å². The van der Waals surface area contributed by atoms with Crippen LogP contribution in [0.2, 0.25) is 0 Å². The molecular weight excluding hydrogens is 472 g/mol. The lowest BCUT2D eigenvalue weighted by atomic mass is 10.0. The highest BCUT2D eigenvalue weighted by molar-refractivity contribution is 5.91. The number of carbonyl (C=O) groups excluding carboxylic acids is 1. The summed E-state index contributed by atoms with van der Waals surface area (Å²) in [6.45, 7) is 0. The molecular formula is C28H32N4O5. The van der Waals surface area contributed by atoms with Gasteiger partial charge in [0, 0.05) is 0 Å². The van der Waals surface area contributed by atoms with Gasteiger partial charge >= 0.3 is 0 Å². The van der Waals surface area contributed by atoms with Crippen molar-refractivity contribution in [2.24, 2.45) is 11.5 Å². The molecule has 1 atom stereocenters. The van der Waals surface area contributed by atoms with E-state index in [2.05, 4.69) is 6.07 Å². The minimum absolute atomic E-state index is 0.434. The molecule has 0 aliphatic rings. The largest absolute Gasteiger partial charge is 0.495 e. The number of rotatable bonds is 9. The van der Waals surface area contributed by atoms with E-state index in [1.165, 1.54) is 21.3 Å². The van der Waals surface area contributed by atoms with Crippen LogP contribution in [-0.2, 0) is 11.2 Å². The van der Waals surface area contributed by atoms with Crippen molar-refractivity contribution in [3.05, 3.63) is 77.4 Å². The average Bonchev–Trinajstić information content (AvgIpc) is 2.91. The second-order valence-corrected chi connectivity index (χ2v) is 7.78. The number of hydrogen-bond acceptors (Lipinski definition) is 8. The highest BCUT2D eigenvalue weighted by Gasteiger charge is 2.15. The molecule has 0 aromatic heterocycles. The van der Waals surface area contributed by atoms with E-state index in [0.717, 1.165) is 11.1 Å². The third kappa shape index (κ3) is 7.92. The monoisotopic (exact) mass is 504 g/mol. The Bertz CT molecular complexity index is 1240. The number of allylic oxidation sites excluding steroid dienone is 1. The molecule has 37 heavy (non-hydrogen) atoms. The van der Waals surface area contributed by atoms with Crippen molar-refractivity contribution in [2.75, 3.05) is 34.2 Å². The number of benzene rings is 3. The minimum atomic E-state index is -0.576. The molecule has 1 amide bonds. The van der Waals surface area contributed by atoms with Gasteiger partial charge in [-0.1, -0.05) is 36.4 Å². The van der Waals surface area contributed by atoms with Crippen molar-refractivity contribution < 1.29 is 23.7 Å². The summed E-state index contributed by atoms with van der Waals surface area (Å²) in [5.41, 5.74) is 19.8. The first-order chi connectivity index (χ1) is 17.8. The van der Waals surface area contributed by atoms with Gasteiger partial charge in [0.05, 0.1) is 51.8 Å². The van der Waals surface area contributed by atoms with Crippen molar-refractivity contribution in [1.29, 1.82) is 5.26 Å². The molecule has 0 aliphatic carbocycles. The van der Waals surface area contributed by atoms with Gasteiger partial charge < -0.3 is 36.1 Å². The quantitative estimate of drug-likeness (QED) is 0.227. The van der Waals surface area contributed by atoms with E-state index in [9.17, 15) is 10.1 Å². The van der Waals surface area contributed by atoms with Gasteiger partial charge in [-0.05, 0) is 53.5 Å². The molecule has 0 radical (unpaired) electrons. The zero-order valence-electron chi connectivity index (χ0n) is 21.4. The maximum Gasteiger partial charge on any atom is 0.234 e. The first-order valence-electron chi connectivity index (χ1n) is 11.2. The normalized spacial score (nSPS) is 11.3. The molecule has 0 saturated heterocycles. The summed E-state index contributed by atoms with van der Waals surface area (Å²) >= 11 is 0. The van der Waals surface area contributed by atoms with Crippen LogP contribution in [0.4, 0.5) is 5.69 Å². The lowest BCUT2D eigenvalue weighted by molar-refractivity contribution is -0.119. The molecule has 0 aliphatic heterocycles. The number of primary amides is 1. The summed E-state index contributed by atoms with van der Waals surface area (Å²) in [6, 6.07) is 20.0. The van der Waals surface area contributed by atoms with E-state index < -0.39 is 11.9 Å². The molecule has 3 rings (SSSR count). The summed E-state index contributed by atoms with van der Waals surface area (Å²) < 4.78 is 21.1. The fourth-order valence-electron chi connectivity index (χ4n) is 3.39. The van der Waals surface area contributed by atoms with Crippen molar-refractivity contribution in [2.45, 2.75) is 12.5 Å². The predicted octanol–water partition coefficient (Wildman–Crippen LogP) is 3.41. The molecule has 9 nitrogen and oxygen atoms in total. The van der Waals surface area contributed by atoms with Crippen molar-refractivity contribution in [3.63, 3.8) is 0 Å². The Hall–Kier alpha value is -4.68. The highest BCUT2D eigenvalue weighted by atomic mass is 16.5. The molecule has 0 fully saturated rings.